The first-order valence-corrected chi connectivity index (χ1v) is 8.16. The van der Waals surface area contributed by atoms with Gasteiger partial charge in [-0.05, 0) is 54.7 Å². The Bertz CT molecular complexity index is 602. The topological polar surface area (TPSA) is 35.5 Å². The van der Waals surface area contributed by atoms with Crippen molar-refractivity contribution in [2.24, 2.45) is 11.3 Å². The third-order valence-corrected chi connectivity index (χ3v) is 5.50. The van der Waals surface area contributed by atoms with Crippen molar-refractivity contribution < 1.29 is 27.4 Å². The summed E-state index contributed by atoms with van der Waals surface area (Å²) in [6.07, 6.45) is -1.53. The fourth-order valence-corrected chi connectivity index (χ4v) is 4.22. The number of rotatable bonds is 6. The summed E-state index contributed by atoms with van der Waals surface area (Å²) in [6, 6.07) is 6.85. The summed E-state index contributed by atoms with van der Waals surface area (Å²) < 4.78 is 46.3. The fourth-order valence-electron chi connectivity index (χ4n) is 4.22. The molecule has 4 rings (SSSR count). The molecule has 3 nitrogen and oxygen atoms in total. The average Bonchev–Trinajstić information content (AvgIpc) is 2.43. The standard InChI is InChI=1S/C18H21F3O3/c1-3-23-15(22)12(2)16-8-17(9-16,10-16)13-4-6-14(7-5-13)24-11-18(19,20)21/h4-7,12H,3,8-11H2,1-2H3. The van der Waals surface area contributed by atoms with Crippen LogP contribution in [-0.4, -0.2) is 25.4 Å². The van der Waals surface area contributed by atoms with Gasteiger partial charge in [-0.3, -0.25) is 4.79 Å². The Labute approximate surface area is 139 Å². The van der Waals surface area contributed by atoms with Crippen molar-refractivity contribution in [3.8, 4) is 5.75 Å². The van der Waals surface area contributed by atoms with Crippen molar-refractivity contribution in [3.63, 3.8) is 0 Å². The smallest absolute Gasteiger partial charge is 0.422 e. The summed E-state index contributed by atoms with van der Waals surface area (Å²) in [5, 5.41) is 0. The quantitative estimate of drug-likeness (QED) is 0.725. The predicted octanol–water partition coefficient (Wildman–Crippen LogP) is 4.25. The third-order valence-electron chi connectivity index (χ3n) is 5.50. The number of esters is 1. The molecule has 0 heterocycles. The fraction of sp³-hybridized carbons (Fsp3) is 0.611. The maximum absolute atomic E-state index is 12.2. The highest BCUT2D eigenvalue weighted by Gasteiger charge is 2.71. The lowest BCUT2D eigenvalue weighted by Crippen LogP contribution is -2.68. The normalized spacial score (nSPS) is 29.2. The summed E-state index contributed by atoms with van der Waals surface area (Å²) in [5.74, 6) is -0.0207. The SMILES string of the molecule is CCOC(=O)C(C)C12CC(c3ccc(OCC(F)(F)F)cc3)(C1)C2. The zero-order chi connectivity index (χ0) is 17.6. The molecular formula is C18H21F3O3. The van der Waals surface area contributed by atoms with Crippen LogP contribution in [0.15, 0.2) is 24.3 Å². The number of carbonyl (C=O) groups is 1. The van der Waals surface area contributed by atoms with Gasteiger partial charge in [-0.2, -0.15) is 13.2 Å². The van der Waals surface area contributed by atoms with E-state index in [-0.39, 0.29) is 28.5 Å². The van der Waals surface area contributed by atoms with Gasteiger partial charge in [-0.1, -0.05) is 19.1 Å². The van der Waals surface area contributed by atoms with Crippen LogP contribution in [0.3, 0.4) is 0 Å². The zero-order valence-electron chi connectivity index (χ0n) is 13.8. The molecule has 1 atom stereocenters. The monoisotopic (exact) mass is 342 g/mol. The van der Waals surface area contributed by atoms with Gasteiger partial charge >= 0.3 is 12.1 Å². The number of ether oxygens (including phenoxy) is 2. The second-order valence-corrected chi connectivity index (χ2v) is 7.07. The van der Waals surface area contributed by atoms with E-state index in [1.54, 1.807) is 19.1 Å². The van der Waals surface area contributed by atoms with Gasteiger partial charge in [-0.15, -0.1) is 0 Å². The van der Waals surface area contributed by atoms with Gasteiger partial charge in [0.2, 0.25) is 0 Å². The van der Waals surface area contributed by atoms with Crippen molar-refractivity contribution in [1.29, 1.82) is 0 Å². The first-order valence-electron chi connectivity index (χ1n) is 8.16. The minimum absolute atomic E-state index is 0.0394. The van der Waals surface area contributed by atoms with Gasteiger partial charge in [0.25, 0.3) is 0 Å². The van der Waals surface area contributed by atoms with E-state index in [4.69, 9.17) is 9.47 Å². The second kappa shape index (κ2) is 5.67. The highest BCUT2D eigenvalue weighted by molar-refractivity contribution is 5.74. The Morgan fingerprint density at radius 3 is 2.29 bits per heavy atom. The van der Waals surface area contributed by atoms with Crippen molar-refractivity contribution in [2.45, 2.75) is 44.7 Å². The third kappa shape index (κ3) is 2.87. The molecule has 1 aromatic carbocycles. The molecule has 2 bridgehead atoms. The second-order valence-electron chi connectivity index (χ2n) is 7.07. The minimum Gasteiger partial charge on any atom is -0.484 e. The maximum Gasteiger partial charge on any atom is 0.422 e. The van der Waals surface area contributed by atoms with E-state index in [0.29, 0.717) is 6.61 Å². The van der Waals surface area contributed by atoms with Crippen LogP contribution in [0.25, 0.3) is 0 Å². The maximum atomic E-state index is 12.2. The first kappa shape index (κ1) is 17.1. The van der Waals surface area contributed by atoms with Crippen LogP contribution < -0.4 is 4.74 Å². The molecule has 3 fully saturated rings. The van der Waals surface area contributed by atoms with E-state index in [9.17, 15) is 18.0 Å². The molecule has 0 saturated heterocycles. The lowest BCUT2D eigenvalue weighted by Gasteiger charge is -2.73. The van der Waals surface area contributed by atoms with E-state index in [2.05, 4.69) is 0 Å². The molecule has 6 heteroatoms. The molecule has 132 valence electrons. The van der Waals surface area contributed by atoms with Gasteiger partial charge in [0.1, 0.15) is 5.75 Å². The number of halogens is 3. The van der Waals surface area contributed by atoms with Crippen LogP contribution in [0.5, 0.6) is 5.75 Å². The summed E-state index contributed by atoms with van der Waals surface area (Å²) in [6.45, 7) is 2.84. The number of hydrogen-bond acceptors (Lipinski definition) is 3. The molecule has 3 aliphatic rings. The van der Waals surface area contributed by atoms with Crippen molar-refractivity contribution >= 4 is 5.97 Å². The molecular weight excluding hydrogens is 321 g/mol. The largest absolute Gasteiger partial charge is 0.484 e. The van der Waals surface area contributed by atoms with E-state index in [0.717, 1.165) is 24.8 Å². The summed E-state index contributed by atoms with van der Waals surface area (Å²) >= 11 is 0. The van der Waals surface area contributed by atoms with Crippen molar-refractivity contribution in [1.82, 2.24) is 0 Å². The van der Waals surface area contributed by atoms with Crippen molar-refractivity contribution in [2.75, 3.05) is 13.2 Å². The van der Waals surface area contributed by atoms with E-state index in [1.165, 1.54) is 0 Å². The zero-order valence-corrected chi connectivity index (χ0v) is 13.8. The number of benzene rings is 1. The van der Waals surface area contributed by atoms with Gasteiger partial charge < -0.3 is 9.47 Å². The van der Waals surface area contributed by atoms with Gasteiger partial charge in [0.15, 0.2) is 6.61 Å². The van der Waals surface area contributed by atoms with E-state index >= 15 is 0 Å². The summed E-state index contributed by atoms with van der Waals surface area (Å²) in [4.78, 5) is 11.9. The Balaban J connectivity index is 1.58. The highest BCUT2D eigenvalue weighted by Crippen LogP contribution is 2.76. The molecule has 0 spiro atoms. The van der Waals surface area contributed by atoms with Crippen LogP contribution in [-0.2, 0) is 14.9 Å². The molecule has 0 N–H and O–H groups in total. The average molecular weight is 342 g/mol. The minimum atomic E-state index is -4.33. The van der Waals surface area contributed by atoms with Gasteiger partial charge in [0, 0.05) is 0 Å². The highest BCUT2D eigenvalue weighted by atomic mass is 19.4. The molecule has 3 saturated carbocycles. The van der Waals surface area contributed by atoms with Crippen LogP contribution in [0.4, 0.5) is 13.2 Å². The van der Waals surface area contributed by atoms with E-state index < -0.39 is 12.8 Å². The Morgan fingerprint density at radius 2 is 1.79 bits per heavy atom. The first-order chi connectivity index (χ1) is 11.2. The molecule has 24 heavy (non-hydrogen) atoms. The number of carbonyl (C=O) groups excluding carboxylic acids is 1. The van der Waals surface area contributed by atoms with Gasteiger partial charge in [-0.25, -0.2) is 0 Å². The summed E-state index contributed by atoms with van der Waals surface area (Å²) in [5.41, 5.74) is 1.22. The van der Waals surface area contributed by atoms with Gasteiger partial charge in [0.05, 0.1) is 12.5 Å². The molecule has 3 aliphatic carbocycles. The Morgan fingerprint density at radius 1 is 1.21 bits per heavy atom. The molecule has 0 aliphatic heterocycles. The summed E-state index contributed by atoms with van der Waals surface area (Å²) in [7, 11) is 0. The lowest BCUT2D eigenvalue weighted by molar-refractivity contribution is -0.197. The number of alkyl halides is 3. The van der Waals surface area contributed by atoms with Crippen molar-refractivity contribution in [3.05, 3.63) is 29.8 Å². The molecule has 0 amide bonds. The number of hydrogen-bond donors (Lipinski definition) is 0. The molecule has 1 aromatic rings. The Hall–Kier alpha value is -1.72. The Kier molecular flexibility index (Phi) is 4.04. The van der Waals surface area contributed by atoms with E-state index in [1.807, 2.05) is 19.1 Å². The lowest BCUT2D eigenvalue weighted by atomic mass is 9.31. The van der Waals surface area contributed by atoms with Crippen LogP contribution >= 0.6 is 0 Å². The molecule has 1 unspecified atom stereocenters. The van der Waals surface area contributed by atoms with Crippen LogP contribution in [0.2, 0.25) is 0 Å². The van der Waals surface area contributed by atoms with Crippen LogP contribution in [0.1, 0.15) is 38.7 Å². The molecule has 0 radical (unpaired) electrons. The van der Waals surface area contributed by atoms with Crippen LogP contribution in [0, 0.1) is 11.3 Å². The molecule has 0 aromatic heterocycles. The predicted molar refractivity (Wildman–Crippen MR) is 81.8 cm³/mol.